The maximum atomic E-state index is 3.69. The highest BCUT2D eigenvalue weighted by molar-refractivity contribution is 7.07. The van der Waals surface area contributed by atoms with E-state index in [9.17, 15) is 0 Å². The molecule has 100 valence electrons. The Hall–Kier alpha value is -1.12. The van der Waals surface area contributed by atoms with Gasteiger partial charge in [-0.1, -0.05) is 31.2 Å². The summed E-state index contributed by atoms with van der Waals surface area (Å²) in [5.74, 6) is 0.717. The van der Waals surface area contributed by atoms with E-state index in [4.69, 9.17) is 0 Å². The molecule has 1 aliphatic carbocycles. The first-order valence-electron chi connectivity index (χ1n) is 7.20. The lowest BCUT2D eigenvalue weighted by atomic mass is 9.72. The second-order valence-corrected chi connectivity index (χ2v) is 6.12. The Kier molecular flexibility index (Phi) is 4.00. The lowest BCUT2D eigenvalue weighted by Gasteiger charge is -2.37. The molecule has 3 rings (SSSR count). The fraction of sp³-hybridized carbons (Fsp3) is 0.412. The summed E-state index contributed by atoms with van der Waals surface area (Å²) in [5, 5.41) is 8.14. The van der Waals surface area contributed by atoms with E-state index in [1.165, 1.54) is 24.8 Å². The first kappa shape index (κ1) is 12.9. The maximum Gasteiger partial charge on any atom is 0.0142 e. The predicted octanol–water partition coefficient (Wildman–Crippen LogP) is 4.00. The molecule has 2 unspecified atom stereocenters. The van der Waals surface area contributed by atoms with Crippen LogP contribution in [-0.2, 0) is 12.8 Å². The minimum Gasteiger partial charge on any atom is -0.314 e. The summed E-state index contributed by atoms with van der Waals surface area (Å²) in [5.41, 5.74) is 4.60. The van der Waals surface area contributed by atoms with Crippen molar-refractivity contribution in [2.24, 2.45) is 0 Å². The summed E-state index contributed by atoms with van der Waals surface area (Å²) in [6.45, 7) is 3.27. The second kappa shape index (κ2) is 5.89. The molecule has 0 aliphatic heterocycles. The normalized spacial score (nSPS) is 18.7. The quantitative estimate of drug-likeness (QED) is 0.837. The molecular formula is C17H21NS. The van der Waals surface area contributed by atoms with Crippen molar-refractivity contribution in [1.82, 2.24) is 5.32 Å². The fourth-order valence-corrected chi connectivity index (χ4v) is 3.82. The van der Waals surface area contributed by atoms with Gasteiger partial charge in [0.05, 0.1) is 0 Å². The van der Waals surface area contributed by atoms with Gasteiger partial charge in [0.25, 0.3) is 0 Å². The van der Waals surface area contributed by atoms with Crippen LogP contribution in [0.3, 0.4) is 0 Å². The van der Waals surface area contributed by atoms with Gasteiger partial charge in [-0.15, -0.1) is 0 Å². The average molecular weight is 271 g/mol. The third kappa shape index (κ3) is 2.75. The maximum absolute atomic E-state index is 3.69. The monoisotopic (exact) mass is 271 g/mol. The molecule has 0 bridgehead atoms. The van der Waals surface area contributed by atoms with Gasteiger partial charge in [0.1, 0.15) is 0 Å². The van der Waals surface area contributed by atoms with Crippen molar-refractivity contribution in [3.05, 3.63) is 57.8 Å². The molecule has 2 aromatic rings. The largest absolute Gasteiger partial charge is 0.314 e. The molecule has 0 saturated carbocycles. The van der Waals surface area contributed by atoms with Crippen LogP contribution in [0.2, 0.25) is 0 Å². The SMILES string of the molecule is CCNC(CCc1ccsc1)C1Cc2ccccc21. The molecule has 1 aliphatic rings. The standard InChI is InChI=1S/C17H21NS/c1-2-18-17(8-7-13-9-10-19-12-13)16-11-14-5-3-4-6-15(14)16/h3-6,9-10,12,16-18H,2,7-8,11H2,1H3. The Balaban J connectivity index is 1.65. The molecule has 0 fully saturated rings. The lowest BCUT2D eigenvalue weighted by Crippen LogP contribution is -2.40. The predicted molar refractivity (Wildman–Crippen MR) is 83.0 cm³/mol. The third-order valence-electron chi connectivity index (χ3n) is 4.17. The van der Waals surface area contributed by atoms with Crippen molar-refractivity contribution in [2.45, 2.75) is 38.1 Å². The van der Waals surface area contributed by atoms with Crippen LogP contribution >= 0.6 is 11.3 Å². The van der Waals surface area contributed by atoms with Crippen molar-refractivity contribution in [3.63, 3.8) is 0 Å². The van der Waals surface area contributed by atoms with Crippen LogP contribution in [0.5, 0.6) is 0 Å². The van der Waals surface area contributed by atoms with Crippen molar-refractivity contribution in [3.8, 4) is 0 Å². The van der Waals surface area contributed by atoms with Gasteiger partial charge in [0.15, 0.2) is 0 Å². The zero-order valence-electron chi connectivity index (χ0n) is 11.4. The smallest absolute Gasteiger partial charge is 0.0142 e. The molecule has 1 heterocycles. The molecule has 1 aromatic carbocycles. The first-order chi connectivity index (χ1) is 9.38. The summed E-state index contributed by atoms with van der Waals surface area (Å²) in [6.07, 6.45) is 3.68. The van der Waals surface area contributed by atoms with Crippen LogP contribution in [0.1, 0.15) is 36.0 Å². The Morgan fingerprint density at radius 1 is 1.32 bits per heavy atom. The molecule has 19 heavy (non-hydrogen) atoms. The van der Waals surface area contributed by atoms with Crippen LogP contribution in [0.25, 0.3) is 0 Å². The first-order valence-corrected chi connectivity index (χ1v) is 8.15. The Labute approximate surface area is 119 Å². The van der Waals surface area contributed by atoms with E-state index < -0.39 is 0 Å². The molecule has 2 atom stereocenters. The Morgan fingerprint density at radius 2 is 2.21 bits per heavy atom. The van der Waals surface area contributed by atoms with Crippen LogP contribution in [0, 0.1) is 0 Å². The molecule has 0 spiro atoms. The van der Waals surface area contributed by atoms with Crippen molar-refractivity contribution < 1.29 is 0 Å². The summed E-state index contributed by atoms with van der Waals surface area (Å²) < 4.78 is 0. The number of likely N-dealkylation sites (N-methyl/N-ethyl adjacent to an activating group) is 1. The Bertz CT molecular complexity index is 518. The van der Waals surface area contributed by atoms with Crippen LogP contribution < -0.4 is 5.32 Å². The average Bonchev–Trinajstić information content (AvgIpc) is 2.90. The summed E-state index contributed by atoms with van der Waals surface area (Å²) in [4.78, 5) is 0. The van der Waals surface area contributed by atoms with Gasteiger partial charge in [0.2, 0.25) is 0 Å². The highest BCUT2D eigenvalue weighted by Crippen LogP contribution is 2.38. The van der Waals surface area contributed by atoms with Gasteiger partial charge in [-0.25, -0.2) is 0 Å². The second-order valence-electron chi connectivity index (χ2n) is 5.34. The third-order valence-corrected chi connectivity index (χ3v) is 4.90. The molecule has 0 saturated heterocycles. The summed E-state index contributed by atoms with van der Waals surface area (Å²) >= 11 is 1.80. The number of hydrogen-bond acceptors (Lipinski definition) is 2. The number of aryl methyl sites for hydroxylation is 1. The van der Waals surface area contributed by atoms with E-state index in [2.05, 4.69) is 53.3 Å². The minimum atomic E-state index is 0.625. The molecule has 0 radical (unpaired) electrons. The van der Waals surface area contributed by atoms with E-state index >= 15 is 0 Å². The van der Waals surface area contributed by atoms with E-state index in [1.54, 1.807) is 22.5 Å². The molecule has 1 aromatic heterocycles. The van der Waals surface area contributed by atoms with Crippen molar-refractivity contribution in [1.29, 1.82) is 0 Å². The lowest BCUT2D eigenvalue weighted by molar-refractivity contribution is 0.386. The van der Waals surface area contributed by atoms with E-state index in [-0.39, 0.29) is 0 Å². The van der Waals surface area contributed by atoms with Gasteiger partial charge in [-0.05, 0) is 59.3 Å². The van der Waals surface area contributed by atoms with Crippen molar-refractivity contribution >= 4 is 11.3 Å². The number of nitrogens with one attached hydrogen (secondary N) is 1. The van der Waals surface area contributed by atoms with Gasteiger partial charge >= 0.3 is 0 Å². The highest BCUT2D eigenvalue weighted by atomic mass is 32.1. The molecule has 0 amide bonds. The van der Waals surface area contributed by atoms with E-state index in [0.29, 0.717) is 6.04 Å². The topological polar surface area (TPSA) is 12.0 Å². The van der Waals surface area contributed by atoms with Crippen molar-refractivity contribution in [2.75, 3.05) is 6.54 Å². The van der Waals surface area contributed by atoms with E-state index in [1.807, 2.05) is 0 Å². The molecule has 2 heteroatoms. The molecule has 1 N–H and O–H groups in total. The van der Waals surface area contributed by atoms with Gasteiger partial charge in [-0.2, -0.15) is 11.3 Å². The van der Waals surface area contributed by atoms with E-state index in [0.717, 1.165) is 12.5 Å². The molecule has 1 nitrogen and oxygen atoms in total. The summed E-state index contributed by atoms with van der Waals surface area (Å²) in [7, 11) is 0. The molecular weight excluding hydrogens is 250 g/mol. The van der Waals surface area contributed by atoms with Gasteiger partial charge in [-0.3, -0.25) is 0 Å². The summed E-state index contributed by atoms with van der Waals surface area (Å²) in [6, 6.07) is 11.8. The van der Waals surface area contributed by atoms with Crippen LogP contribution in [0.15, 0.2) is 41.1 Å². The van der Waals surface area contributed by atoms with Gasteiger partial charge in [0, 0.05) is 12.0 Å². The number of fused-ring (bicyclic) bond motifs is 1. The number of hydrogen-bond donors (Lipinski definition) is 1. The number of rotatable bonds is 6. The number of thiophene rings is 1. The zero-order chi connectivity index (χ0) is 13.1. The zero-order valence-corrected chi connectivity index (χ0v) is 12.2. The highest BCUT2D eigenvalue weighted by Gasteiger charge is 2.31. The Morgan fingerprint density at radius 3 is 2.95 bits per heavy atom. The van der Waals surface area contributed by atoms with Crippen LogP contribution in [-0.4, -0.2) is 12.6 Å². The number of benzene rings is 1. The van der Waals surface area contributed by atoms with Gasteiger partial charge < -0.3 is 5.32 Å². The van der Waals surface area contributed by atoms with Crippen LogP contribution in [0.4, 0.5) is 0 Å². The minimum absolute atomic E-state index is 0.625. The fourth-order valence-electron chi connectivity index (χ4n) is 3.12.